The van der Waals surface area contributed by atoms with Crippen molar-refractivity contribution >= 4 is 5.91 Å². The zero-order valence-corrected chi connectivity index (χ0v) is 19.1. The van der Waals surface area contributed by atoms with Crippen molar-refractivity contribution in [2.45, 2.75) is 90.4 Å². The maximum absolute atomic E-state index is 12.4. The standard InChI is InChI=1S/C22H47N3O3/c1-5-6-7-8-9-10-11-12-13-17-22(26)23-18-16-21-25(4,28)20-15-14-19-24(2,3)27/h5-21H2,1-4H3,(H,23,26). The largest absolute Gasteiger partial charge is 0.633 e. The van der Waals surface area contributed by atoms with E-state index in [2.05, 4.69) is 12.2 Å². The van der Waals surface area contributed by atoms with Gasteiger partial charge in [-0.3, -0.25) is 4.79 Å². The number of unbranched alkanes of at least 4 members (excludes halogenated alkanes) is 9. The van der Waals surface area contributed by atoms with Crippen molar-refractivity contribution in [1.29, 1.82) is 0 Å². The van der Waals surface area contributed by atoms with Crippen molar-refractivity contribution in [3.63, 3.8) is 0 Å². The predicted molar refractivity (Wildman–Crippen MR) is 118 cm³/mol. The highest BCUT2D eigenvalue weighted by atomic mass is 16.5. The normalized spacial score (nSPS) is 14.1. The van der Waals surface area contributed by atoms with Crippen LogP contribution in [-0.2, 0) is 4.79 Å². The Kier molecular flexibility index (Phi) is 15.7. The summed E-state index contributed by atoms with van der Waals surface area (Å²) in [6, 6.07) is 0. The molecule has 1 amide bonds. The second-order valence-corrected chi connectivity index (χ2v) is 9.03. The zero-order chi connectivity index (χ0) is 21.3. The number of rotatable bonds is 19. The molecule has 1 unspecified atom stereocenters. The lowest BCUT2D eigenvalue weighted by molar-refractivity contribution is -0.863. The molecule has 0 spiro atoms. The smallest absolute Gasteiger partial charge is 0.219 e. The summed E-state index contributed by atoms with van der Waals surface area (Å²) in [4.78, 5) is 11.9. The van der Waals surface area contributed by atoms with Crippen LogP contribution in [0.15, 0.2) is 0 Å². The van der Waals surface area contributed by atoms with Gasteiger partial charge in [-0.05, 0) is 6.42 Å². The highest BCUT2D eigenvalue weighted by Gasteiger charge is 2.11. The summed E-state index contributed by atoms with van der Waals surface area (Å²) in [5.74, 6) is 0.110. The Labute approximate surface area is 174 Å². The molecule has 1 atom stereocenters. The molecule has 0 heterocycles. The number of carbonyl (C=O) groups excluding carboxylic acids is 1. The second-order valence-electron chi connectivity index (χ2n) is 9.03. The Bertz CT molecular complexity index is 382. The zero-order valence-electron chi connectivity index (χ0n) is 19.1. The monoisotopic (exact) mass is 401 g/mol. The van der Waals surface area contributed by atoms with Crippen molar-refractivity contribution in [3.05, 3.63) is 10.4 Å². The lowest BCUT2D eigenvalue weighted by Crippen LogP contribution is -2.41. The minimum absolute atomic E-state index is 0.110. The quantitative estimate of drug-likeness (QED) is 0.193. The van der Waals surface area contributed by atoms with Gasteiger partial charge in [0.05, 0.1) is 40.8 Å². The van der Waals surface area contributed by atoms with Gasteiger partial charge < -0.3 is 25.0 Å². The van der Waals surface area contributed by atoms with Crippen LogP contribution in [0.2, 0.25) is 0 Å². The van der Waals surface area contributed by atoms with Gasteiger partial charge in [-0.2, -0.15) is 0 Å². The lowest BCUT2D eigenvalue weighted by Gasteiger charge is -2.39. The van der Waals surface area contributed by atoms with E-state index in [0.717, 1.165) is 25.7 Å². The first-order chi connectivity index (χ1) is 13.2. The fourth-order valence-corrected chi connectivity index (χ4v) is 3.38. The molecule has 0 radical (unpaired) electrons. The van der Waals surface area contributed by atoms with E-state index < -0.39 is 0 Å². The maximum atomic E-state index is 12.4. The van der Waals surface area contributed by atoms with Crippen LogP contribution in [0.25, 0.3) is 0 Å². The van der Waals surface area contributed by atoms with E-state index in [4.69, 9.17) is 0 Å². The number of carbonyl (C=O) groups is 1. The first kappa shape index (κ1) is 27.3. The number of quaternary nitrogens is 2. The van der Waals surface area contributed by atoms with E-state index >= 15 is 0 Å². The second kappa shape index (κ2) is 16.1. The summed E-state index contributed by atoms with van der Waals surface area (Å²) in [7, 11) is 4.94. The average molecular weight is 402 g/mol. The SMILES string of the molecule is CCCCCCCCCCCC(=O)NCCC[N+](C)([O-])CCCC[N+](C)(C)[O-]. The third-order valence-corrected chi connectivity index (χ3v) is 5.22. The molecule has 0 saturated carbocycles. The van der Waals surface area contributed by atoms with Crippen molar-refractivity contribution in [3.8, 4) is 0 Å². The maximum Gasteiger partial charge on any atom is 0.219 e. The van der Waals surface area contributed by atoms with Gasteiger partial charge in [-0.15, -0.1) is 0 Å². The predicted octanol–water partition coefficient (Wildman–Crippen LogP) is 4.71. The molecule has 0 aromatic heterocycles. The van der Waals surface area contributed by atoms with Crippen LogP contribution in [-0.4, -0.2) is 62.5 Å². The molecule has 0 saturated heterocycles. The molecular formula is C22H47N3O3. The van der Waals surface area contributed by atoms with Crippen LogP contribution in [0.3, 0.4) is 0 Å². The van der Waals surface area contributed by atoms with Crippen LogP contribution in [0.5, 0.6) is 0 Å². The number of nitrogens with one attached hydrogen (secondary N) is 1. The number of amides is 1. The molecule has 0 fully saturated rings. The van der Waals surface area contributed by atoms with Gasteiger partial charge in [0.2, 0.25) is 5.91 Å². The van der Waals surface area contributed by atoms with Crippen molar-refractivity contribution in [2.24, 2.45) is 0 Å². The Morgan fingerprint density at radius 3 is 1.79 bits per heavy atom. The van der Waals surface area contributed by atoms with Crippen molar-refractivity contribution in [2.75, 3.05) is 47.3 Å². The van der Waals surface area contributed by atoms with E-state index in [1.807, 2.05) is 0 Å². The summed E-state index contributed by atoms with van der Waals surface area (Å²) in [5, 5.41) is 26.8. The molecular weight excluding hydrogens is 354 g/mol. The van der Waals surface area contributed by atoms with E-state index in [9.17, 15) is 15.2 Å². The summed E-state index contributed by atoms with van der Waals surface area (Å²) >= 11 is 0. The summed E-state index contributed by atoms with van der Waals surface area (Å²) in [6.45, 7) is 4.41. The van der Waals surface area contributed by atoms with Gasteiger partial charge in [0.25, 0.3) is 0 Å². The molecule has 0 aliphatic heterocycles. The fourth-order valence-electron chi connectivity index (χ4n) is 3.38. The molecule has 0 bridgehead atoms. The molecule has 6 heteroatoms. The highest BCUT2D eigenvalue weighted by molar-refractivity contribution is 5.75. The van der Waals surface area contributed by atoms with Crippen LogP contribution in [0.1, 0.15) is 90.4 Å². The molecule has 6 nitrogen and oxygen atoms in total. The highest BCUT2D eigenvalue weighted by Crippen LogP contribution is 2.10. The van der Waals surface area contributed by atoms with E-state index in [-0.39, 0.29) is 15.2 Å². The topological polar surface area (TPSA) is 75.2 Å². The summed E-state index contributed by atoms with van der Waals surface area (Å²) in [6.07, 6.45) is 14.1. The first-order valence-corrected chi connectivity index (χ1v) is 11.5. The van der Waals surface area contributed by atoms with Crippen LogP contribution in [0, 0.1) is 10.4 Å². The Morgan fingerprint density at radius 2 is 1.21 bits per heavy atom. The van der Waals surface area contributed by atoms with Crippen molar-refractivity contribution in [1.82, 2.24) is 5.32 Å². The Hall–Kier alpha value is -0.690. The third kappa shape index (κ3) is 20.1. The van der Waals surface area contributed by atoms with Gasteiger partial charge >= 0.3 is 0 Å². The van der Waals surface area contributed by atoms with Gasteiger partial charge in [0, 0.05) is 32.2 Å². The summed E-state index contributed by atoms with van der Waals surface area (Å²) < 4.78 is -0.589. The van der Waals surface area contributed by atoms with Gasteiger partial charge in [-0.25, -0.2) is 0 Å². The van der Waals surface area contributed by atoms with Crippen LogP contribution < -0.4 is 5.32 Å². The average Bonchev–Trinajstić information content (AvgIpc) is 2.60. The number of nitrogens with zero attached hydrogens (tertiary/aromatic N) is 2. The molecule has 0 aromatic rings. The van der Waals surface area contributed by atoms with E-state index in [0.29, 0.717) is 39.0 Å². The molecule has 28 heavy (non-hydrogen) atoms. The summed E-state index contributed by atoms with van der Waals surface area (Å²) in [5.41, 5.74) is 0. The minimum atomic E-state index is -0.298. The molecule has 0 aromatic carbocycles. The fraction of sp³-hybridized carbons (Fsp3) is 0.955. The lowest BCUT2D eigenvalue weighted by atomic mass is 10.1. The Morgan fingerprint density at radius 1 is 0.714 bits per heavy atom. The number of hydrogen-bond acceptors (Lipinski definition) is 3. The Balaban J connectivity index is 3.52. The van der Waals surface area contributed by atoms with Crippen molar-refractivity contribution < 1.29 is 14.1 Å². The van der Waals surface area contributed by atoms with Crippen LogP contribution in [0.4, 0.5) is 0 Å². The molecule has 0 aliphatic rings. The first-order valence-electron chi connectivity index (χ1n) is 11.5. The molecule has 0 aliphatic carbocycles. The molecule has 0 rings (SSSR count). The third-order valence-electron chi connectivity index (χ3n) is 5.22. The minimum Gasteiger partial charge on any atom is -0.633 e. The number of hydroxylamine groups is 6. The van der Waals surface area contributed by atoms with Crippen LogP contribution >= 0.6 is 0 Å². The van der Waals surface area contributed by atoms with Gasteiger partial charge in [0.1, 0.15) is 0 Å². The van der Waals surface area contributed by atoms with E-state index in [1.165, 1.54) is 44.9 Å². The van der Waals surface area contributed by atoms with Gasteiger partial charge in [-0.1, -0.05) is 58.3 Å². The van der Waals surface area contributed by atoms with Gasteiger partial charge in [0.15, 0.2) is 0 Å². The van der Waals surface area contributed by atoms with E-state index in [1.54, 1.807) is 21.1 Å². The number of hydrogen-bond donors (Lipinski definition) is 1. The molecule has 1 N–H and O–H groups in total. The molecule has 168 valence electrons.